The van der Waals surface area contributed by atoms with Crippen molar-refractivity contribution in [3.63, 3.8) is 0 Å². The molecule has 1 rings (SSSR count). The van der Waals surface area contributed by atoms with Gasteiger partial charge >= 0.3 is 5.97 Å². The second-order valence-electron chi connectivity index (χ2n) is 4.87. The number of carboxylic acid groups (broad SMARTS) is 1. The molecule has 0 radical (unpaired) electrons. The number of hydrogen-bond donors (Lipinski definition) is 5. The zero-order chi connectivity index (χ0) is 16.7. The van der Waals surface area contributed by atoms with Crippen molar-refractivity contribution in [1.82, 2.24) is 15.5 Å². The lowest BCUT2D eigenvalue weighted by atomic mass is 10.2. The van der Waals surface area contributed by atoms with Crippen molar-refractivity contribution in [3.05, 3.63) is 0 Å². The van der Waals surface area contributed by atoms with Crippen molar-refractivity contribution in [2.45, 2.75) is 24.9 Å². The van der Waals surface area contributed by atoms with Crippen LogP contribution in [0.15, 0.2) is 0 Å². The second kappa shape index (κ2) is 8.59. The molecule has 2 atom stereocenters. The van der Waals surface area contributed by atoms with Crippen LogP contribution in [0.25, 0.3) is 0 Å². The topological polar surface area (TPSA) is 142 Å². The lowest BCUT2D eigenvalue weighted by molar-refractivity contribution is -0.139. The van der Waals surface area contributed by atoms with E-state index in [9.17, 15) is 19.2 Å². The molecular weight excluding hydrogens is 312 g/mol. The van der Waals surface area contributed by atoms with Gasteiger partial charge in [-0.25, -0.2) is 0 Å². The Morgan fingerprint density at radius 2 is 1.95 bits per heavy atom. The van der Waals surface area contributed by atoms with E-state index in [0.717, 1.165) is 0 Å². The molecule has 1 aliphatic heterocycles. The summed E-state index contributed by atoms with van der Waals surface area (Å²) in [5, 5.41) is 12.9. The van der Waals surface area contributed by atoms with Crippen molar-refractivity contribution in [2.75, 3.05) is 25.4 Å². The summed E-state index contributed by atoms with van der Waals surface area (Å²) in [6.07, 6.45) is 1.17. The molecule has 10 heteroatoms. The van der Waals surface area contributed by atoms with E-state index in [-0.39, 0.29) is 18.2 Å². The molecule has 0 saturated carbocycles. The van der Waals surface area contributed by atoms with E-state index in [1.165, 1.54) is 4.90 Å². The number of amides is 3. The zero-order valence-electron chi connectivity index (χ0n) is 11.9. The number of carboxylic acids is 1. The third-order valence-electron chi connectivity index (χ3n) is 3.21. The number of nitrogens with one attached hydrogen (secondary N) is 2. The van der Waals surface area contributed by atoms with Gasteiger partial charge in [-0.05, 0) is 12.8 Å². The third kappa shape index (κ3) is 5.19. The zero-order valence-corrected chi connectivity index (χ0v) is 12.8. The minimum Gasteiger partial charge on any atom is -0.480 e. The lowest BCUT2D eigenvalue weighted by Gasteiger charge is -2.26. The van der Waals surface area contributed by atoms with Crippen LogP contribution < -0.4 is 16.4 Å². The van der Waals surface area contributed by atoms with Crippen LogP contribution in [0.1, 0.15) is 12.8 Å². The lowest BCUT2D eigenvalue weighted by Crippen LogP contribution is -2.52. The smallest absolute Gasteiger partial charge is 0.322 e. The van der Waals surface area contributed by atoms with Gasteiger partial charge in [-0.15, -0.1) is 0 Å². The van der Waals surface area contributed by atoms with Crippen molar-refractivity contribution in [1.29, 1.82) is 0 Å². The molecule has 0 aliphatic carbocycles. The summed E-state index contributed by atoms with van der Waals surface area (Å²) < 4.78 is 0. The maximum atomic E-state index is 12.1. The average molecular weight is 332 g/mol. The Morgan fingerprint density at radius 3 is 2.55 bits per heavy atom. The molecule has 1 fully saturated rings. The Balaban J connectivity index is 2.48. The number of aliphatic carboxylic acids is 1. The van der Waals surface area contributed by atoms with E-state index in [0.29, 0.717) is 19.4 Å². The number of likely N-dealkylation sites (tertiary alicyclic amines) is 1. The second-order valence-corrected chi connectivity index (χ2v) is 5.23. The first-order chi connectivity index (χ1) is 10.4. The van der Waals surface area contributed by atoms with Crippen LogP contribution in [0.4, 0.5) is 0 Å². The SMILES string of the molecule is NC(CS)C(=O)N1CCCC1C(=O)NCC(=O)NCC(=O)O. The summed E-state index contributed by atoms with van der Waals surface area (Å²) in [4.78, 5) is 47.1. The summed E-state index contributed by atoms with van der Waals surface area (Å²) in [6.45, 7) is -0.424. The Kier molecular flexibility index (Phi) is 7.12. The van der Waals surface area contributed by atoms with Crippen LogP contribution in [0.2, 0.25) is 0 Å². The van der Waals surface area contributed by atoms with Gasteiger partial charge in [0.2, 0.25) is 17.7 Å². The molecule has 0 spiro atoms. The standard InChI is InChI=1S/C12H20N4O5S/c13-7(6-22)12(21)16-3-1-2-8(16)11(20)15-4-9(17)14-5-10(18)19/h7-8,22H,1-6,13H2,(H,14,17)(H,15,20)(H,18,19). The number of carbonyl (C=O) groups excluding carboxylic acids is 3. The maximum absolute atomic E-state index is 12.1. The van der Waals surface area contributed by atoms with E-state index in [1.807, 2.05) is 0 Å². The highest BCUT2D eigenvalue weighted by Crippen LogP contribution is 2.18. The Labute approximate surface area is 133 Å². The minimum atomic E-state index is -1.17. The molecule has 9 nitrogen and oxygen atoms in total. The quantitative estimate of drug-likeness (QED) is 0.328. The molecule has 1 heterocycles. The number of nitrogens with zero attached hydrogens (tertiary/aromatic N) is 1. The van der Waals surface area contributed by atoms with E-state index < -0.39 is 36.4 Å². The first-order valence-electron chi connectivity index (χ1n) is 6.80. The largest absolute Gasteiger partial charge is 0.480 e. The monoisotopic (exact) mass is 332 g/mol. The molecule has 3 amide bonds. The van der Waals surface area contributed by atoms with Gasteiger partial charge in [0.05, 0.1) is 12.6 Å². The number of rotatable bonds is 7. The fourth-order valence-corrected chi connectivity index (χ4v) is 2.27. The summed E-state index contributed by atoms with van der Waals surface area (Å²) in [5.41, 5.74) is 5.63. The van der Waals surface area contributed by atoms with Gasteiger partial charge in [0, 0.05) is 12.3 Å². The molecule has 124 valence electrons. The summed E-state index contributed by atoms with van der Waals surface area (Å²) >= 11 is 3.96. The van der Waals surface area contributed by atoms with Crippen LogP contribution in [-0.2, 0) is 19.2 Å². The van der Waals surface area contributed by atoms with Gasteiger partial charge in [0.25, 0.3) is 0 Å². The summed E-state index contributed by atoms with van der Waals surface area (Å²) in [7, 11) is 0. The summed E-state index contributed by atoms with van der Waals surface area (Å²) in [6, 6.07) is -1.43. The van der Waals surface area contributed by atoms with Gasteiger partial charge in [0.1, 0.15) is 12.6 Å². The van der Waals surface area contributed by atoms with Crippen molar-refractivity contribution < 1.29 is 24.3 Å². The molecule has 2 unspecified atom stereocenters. The Morgan fingerprint density at radius 1 is 1.27 bits per heavy atom. The van der Waals surface area contributed by atoms with Crippen molar-refractivity contribution in [3.8, 4) is 0 Å². The highest BCUT2D eigenvalue weighted by molar-refractivity contribution is 7.80. The number of thiol groups is 1. The number of hydrogen-bond acceptors (Lipinski definition) is 6. The van der Waals surface area contributed by atoms with Gasteiger partial charge in [-0.2, -0.15) is 12.6 Å². The molecule has 0 aromatic rings. The highest BCUT2D eigenvalue weighted by Gasteiger charge is 2.35. The average Bonchev–Trinajstić information content (AvgIpc) is 2.98. The molecule has 22 heavy (non-hydrogen) atoms. The van der Waals surface area contributed by atoms with Crippen LogP contribution in [0.5, 0.6) is 0 Å². The first kappa shape index (κ1) is 18.2. The molecule has 0 bridgehead atoms. The maximum Gasteiger partial charge on any atom is 0.322 e. The summed E-state index contributed by atoms with van der Waals surface area (Å²) in [5.74, 6) is -2.40. The fraction of sp³-hybridized carbons (Fsp3) is 0.667. The fourth-order valence-electron chi connectivity index (χ4n) is 2.12. The number of carbonyl (C=O) groups is 4. The third-order valence-corrected chi connectivity index (χ3v) is 3.61. The molecule has 0 aromatic carbocycles. The van der Waals surface area contributed by atoms with Crippen LogP contribution in [0, 0.1) is 0 Å². The van der Waals surface area contributed by atoms with E-state index in [1.54, 1.807) is 0 Å². The van der Waals surface area contributed by atoms with Crippen LogP contribution in [-0.4, -0.2) is 71.2 Å². The minimum absolute atomic E-state index is 0.182. The van der Waals surface area contributed by atoms with Crippen LogP contribution in [0.3, 0.4) is 0 Å². The number of nitrogens with two attached hydrogens (primary N) is 1. The highest BCUT2D eigenvalue weighted by atomic mass is 32.1. The first-order valence-corrected chi connectivity index (χ1v) is 7.43. The molecule has 0 aromatic heterocycles. The van der Waals surface area contributed by atoms with E-state index >= 15 is 0 Å². The molecule has 5 N–H and O–H groups in total. The van der Waals surface area contributed by atoms with Crippen molar-refractivity contribution in [2.24, 2.45) is 5.73 Å². The normalized spacial score (nSPS) is 18.6. The predicted octanol–water partition coefficient (Wildman–Crippen LogP) is -2.45. The Bertz CT molecular complexity index is 459. The molecule has 1 saturated heterocycles. The predicted molar refractivity (Wildman–Crippen MR) is 80.2 cm³/mol. The van der Waals surface area contributed by atoms with Gasteiger partial charge in [0.15, 0.2) is 0 Å². The van der Waals surface area contributed by atoms with E-state index in [2.05, 4.69) is 23.3 Å². The van der Waals surface area contributed by atoms with E-state index in [4.69, 9.17) is 10.8 Å². The van der Waals surface area contributed by atoms with Gasteiger partial charge in [-0.1, -0.05) is 0 Å². The molecule has 1 aliphatic rings. The van der Waals surface area contributed by atoms with Gasteiger partial charge in [-0.3, -0.25) is 19.2 Å². The van der Waals surface area contributed by atoms with Crippen LogP contribution >= 0.6 is 12.6 Å². The Hall–Kier alpha value is -1.81. The molecular formula is C12H20N4O5S. The van der Waals surface area contributed by atoms with Crippen molar-refractivity contribution >= 4 is 36.3 Å². The van der Waals surface area contributed by atoms with Gasteiger partial charge < -0.3 is 26.4 Å².